The summed E-state index contributed by atoms with van der Waals surface area (Å²) in [5.74, 6) is 2.44. The molecule has 0 radical (unpaired) electrons. The molecule has 1 aliphatic rings. The molecule has 0 saturated carbocycles. The quantitative estimate of drug-likeness (QED) is 0.163. The summed E-state index contributed by atoms with van der Waals surface area (Å²) in [5, 5.41) is 10.7. The van der Waals surface area contributed by atoms with Crippen molar-refractivity contribution in [3.8, 4) is 17.3 Å². The van der Waals surface area contributed by atoms with Crippen molar-refractivity contribution in [2.75, 3.05) is 16.5 Å². The highest BCUT2D eigenvalue weighted by atomic mass is 16.5. The van der Waals surface area contributed by atoms with E-state index >= 15 is 0 Å². The molecule has 0 saturated heterocycles. The molecule has 0 atom stereocenters. The van der Waals surface area contributed by atoms with Crippen LogP contribution in [0.1, 0.15) is 26.3 Å². The van der Waals surface area contributed by atoms with Crippen molar-refractivity contribution in [1.82, 2.24) is 9.55 Å². The van der Waals surface area contributed by atoms with Gasteiger partial charge < -0.3 is 14.5 Å². The summed E-state index contributed by atoms with van der Waals surface area (Å²) < 4.78 is 9.14. The van der Waals surface area contributed by atoms with E-state index in [-0.39, 0.29) is 5.41 Å². The fraction of sp³-hybridized carbons (Fsp3) is 0.0893. The van der Waals surface area contributed by atoms with Gasteiger partial charge in [0.05, 0.1) is 27.9 Å². The molecule has 1 aliphatic heterocycles. The first-order valence-electron chi connectivity index (χ1n) is 21.1. The molecule has 5 nitrogen and oxygen atoms in total. The maximum Gasteiger partial charge on any atom is 0.146 e. The van der Waals surface area contributed by atoms with E-state index < -0.39 is 0 Å². The van der Waals surface area contributed by atoms with Gasteiger partial charge in [0.25, 0.3) is 0 Å². The van der Waals surface area contributed by atoms with E-state index in [9.17, 15) is 0 Å². The summed E-state index contributed by atoms with van der Waals surface area (Å²) in [5.41, 5.74) is 9.14. The van der Waals surface area contributed by atoms with Crippen molar-refractivity contribution in [1.29, 1.82) is 0 Å². The standard InChI is InChI=1S/C56H42N4O/c1-56(2,3)38-25-27-39(28-26-38)58-35-59(51-22-11-10-21-50(51)58)40-15-12-16-41(33-40)61-42-29-31-46-45-19-8-9-20-49(45)60(52(46)34-42)55-47-30-23-36-13-4-6-17-43(36)53(47)54-44-18-7-5-14-37(44)24-32-48(54)57-55/h4-34H,35H2,1-3H3. The zero-order valence-corrected chi connectivity index (χ0v) is 34.3. The average molecular weight is 787 g/mol. The maximum absolute atomic E-state index is 6.81. The monoisotopic (exact) mass is 786 g/mol. The van der Waals surface area contributed by atoms with Crippen LogP contribution in [0.2, 0.25) is 0 Å². The lowest BCUT2D eigenvalue weighted by molar-refractivity contribution is 0.483. The number of pyridine rings is 1. The second-order valence-corrected chi connectivity index (χ2v) is 17.2. The van der Waals surface area contributed by atoms with Crippen molar-refractivity contribution in [3.05, 3.63) is 194 Å². The normalized spacial score (nSPS) is 13.0. The number of benzene rings is 9. The molecule has 61 heavy (non-hydrogen) atoms. The van der Waals surface area contributed by atoms with Gasteiger partial charge in [0.1, 0.15) is 24.0 Å². The molecule has 0 amide bonds. The number of aromatic nitrogens is 2. The lowest BCUT2D eigenvalue weighted by Gasteiger charge is -2.24. The predicted molar refractivity (Wildman–Crippen MR) is 256 cm³/mol. The largest absolute Gasteiger partial charge is 0.457 e. The van der Waals surface area contributed by atoms with Crippen LogP contribution in [-0.4, -0.2) is 16.2 Å². The SMILES string of the molecule is CC(C)(C)c1ccc(N2CN(c3cccc(Oc4ccc5c6ccccc6n(-c6nc7ccc8ccccc8c7c7c6ccc6ccccc67)c5c4)c3)c3ccccc32)cc1. The lowest BCUT2D eigenvalue weighted by atomic mass is 9.87. The van der Waals surface area contributed by atoms with E-state index in [1.165, 1.54) is 60.3 Å². The van der Waals surface area contributed by atoms with E-state index in [1.54, 1.807) is 0 Å². The van der Waals surface area contributed by atoms with Crippen LogP contribution in [0.4, 0.5) is 22.7 Å². The van der Waals surface area contributed by atoms with E-state index in [0.717, 1.165) is 50.3 Å². The average Bonchev–Trinajstić information content (AvgIpc) is 3.84. The van der Waals surface area contributed by atoms with Crippen molar-refractivity contribution >= 4 is 87.8 Å². The third-order valence-electron chi connectivity index (χ3n) is 12.6. The molecule has 0 unspecified atom stereocenters. The molecule has 2 aromatic heterocycles. The molecule has 0 N–H and O–H groups in total. The molecule has 9 aromatic carbocycles. The smallest absolute Gasteiger partial charge is 0.146 e. The van der Waals surface area contributed by atoms with Crippen LogP contribution in [0.3, 0.4) is 0 Å². The van der Waals surface area contributed by atoms with Crippen molar-refractivity contribution < 1.29 is 4.74 Å². The first-order valence-corrected chi connectivity index (χ1v) is 21.1. The molecule has 0 bridgehead atoms. The van der Waals surface area contributed by atoms with Gasteiger partial charge in [0.2, 0.25) is 0 Å². The number of hydrogen-bond acceptors (Lipinski definition) is 4. The number of ether oxygens (including phenoxy) is 1. The van der Waals surface area contributed by atoms with Gasteiger partial charge in [-0.1, -0.05) is 130 Å². The van der Waals surface area contributed by atoms with Gasteiger partial charge in [0.15, 0.2) is 0 Å². The van der Waals surface area contributed by atoms with Gasteiger partial charge in [-0.25, -0.2) is 4.98 Å². The van der Waals surface area contributed by atoms with Crippen LogP contribution in [0.25, 0.3) is 70.8 Å². The van der Waals surface area contributed by atoms with Crippen LogP contribution in [-0.2, 0) is 5.41 Å². The molecule has 0 fully saturated rings. The summed E-state index contributed by atoms with van der Waals surface area (Å²) >= 11 is 0. The number of para-hydroxylation sites is 3. The molecule has 3 heterocycles. The second kappa shape index (κ2) is 13.4. The first-order chi connectivity index (χ1) is 29.9. The van der Waals surface area contributed by atoms with Crippen molar-refractivity contribution in [3.63, 3.8) is 0 Å². The maximum atomic E-state index is 6.81. The molecular formula is C56H42N4O. The van der Waals surface area contributed by atoms with E-state index in [2.05, 4.69) is 217 Å². The Morgan fingerprint density at radius 1 is 0.459 bits per heavy atom. The summed E-state index contributed by atoms with van der Waals surface area (Å²) in [6, 6.07) is 67.4. The number of anilines is 4. The van der Waals surface area contributed by atoms with E-state index in [1.807, 2.05) is 6.07 Å². The second-order valence-electron chi connectivity index (χ2n) is 17.2. The third kappa shape index (κ3) is 5.65. The molecule has 0 aliphatic carbocycles. The summed E-state index contributed by atoms with van der Waals surface area (Å²) in [6.45, 7) is 7.47. The summed E-state index contributed by atoms with van der Waals surface area (Å²) in [6.07, 6.45) is 0. The Kier molecular flexibility index (Phi) is 7.79. The Morgan fingerprint density at radius 3 is 1.82 bits per heavy atom. The van der Waals surface area contributed by atoms with Crippen LogP contribution in [0, 0.1) is 0 Å². The van der Waals surface area contributed by atoms with E-state index in [4.69, 9.17) is 9.72 Å². The highest BCUT2D eigenvalue weighted by Crippen LogP contribution is 2.46. The van der Waals surface area contributed by atoms with Crippen molar-refractivity contribution in [2.24, 2.45) is 0 Å². The topological polar surface area (TPSA) is 33.5 Å². The zero-order valence-electron chi connectivity index (χ0n) is 34.3. The number of nitrogens with zero attached hydrogens (tertiary/aromatic N) is 4. The Balaban J connectivity index is 0.973. The lowest BCUT2D eigenvalue weighted by Crippen LogP contribution is -2.24. The van der Waals surface area contributed by atoms with E-state index in [0.29, 0.717) is 6.67 Å². The summed E-state index contributed by atoms with van der Waals surface area (Å²) in [7, 11) is 0. The highest BCUT2D eigenvalue weighted by Gasteiger charge is 2.28. The highest BCUT2D eigenvalue weighted by molar-refractivity contribution is 6.28. The van der Waals surface area contributed by atoms with Crippen LogP contribution in [0.15, 0.2) is 188 Å². The minimum Gasteiger partial charge on any atom is -0.457 e. The predicted octanol–water partition coefficient (Wildman–Crippen LogP) is 15.1. The Bertz CT molecular complexity index is 3540. The number of fused-ring (bicyclic) bond motifs is 11. The zero-order chi connectivity index (χ0) is 40.8. The van der Waals surface area contributed by atoms with Gasteiger partial charge in [-0.3, -0.25) is 4.57 Å². The van der Waals surface area contributed by atoms with Gasteiger partial charge in [-0.2, -0.15) is 0 Å². The molecular weight excluding hydrogens is 745 g/mol. The van der Waals surface area contributed by atoms with Crippen LogP contribution in [0.5, 0.6) is 11.5 Å². The number of rotatable bonds is 5. The van der Waals surface area contributed by atoms with Crippen LogP contribution < -0.4 is 14.5 Å². The molecule has 0 spiro atoms. The molecule has 11 aromatic rings. The molecule has 292 valence electrons. The first kappa shape index (κ1) is 35.3. The minimum atomic E-state index is 0.0990. The fourth-order valence-corrected chi connectivity index (χ4v) is 9.58. The fourth-order valence-electron chi connectivity index (χ4n) is 9.58. The Hall–Kier alpha value is -7.63. The van der Waals surface area contributed by atoms with Gasteiger partial charge in [0, 0.05) is 50.4 Å². The Labute approximate surface area is 354 Å². The minimum absolute atomic E-state index is 0.0990. The van der Waals surface area contributed by atoms with Gasteiger partial charge in [-0.05, 0) is 99.3 Å². The molecule has 5 heteroatoms. The van der Waals surface area contributed by atoms with Crippen molar-refractivity contribution in [2.45, 2.75) is 26.2 Å². The van der Waals surface area contributed by atoms with Gasteiger partial charge >= 0.3 is 0 Å². The Morgan fingerprint density at radius 2 is 1.07 bits per heavy atom. The van der Waals surface area contributed by atoms with Crippen LogP contribution >= 0.6 is 0 Å². The molecule has 12 rings (SSSR count). The third-order valence-corrected chi connectivity index (χ3v) is 12.6. The van der Waals surface area contributed by atoms with Gasteiger partial charge in [-0.15, -0.1) is 0 Å². The summed E-state index contributed by atoms with van der Waals surface area (Å²) in [4.78, 5) is 10.3. The number of hydrogen-bond donors (Lipinski definition) is 0.